The molecule has 0 unspecified atom stereocenters. The van der Waals surface area contributed by atoms with Crippen LogP contribution in [0.4, 0.5) is 0 Å². The molecule has 0 aliphatic carbocycles. The smallest absolute Gasteiger partial charge is 0.252 e. The van der Waals surface area contributed by atoms with E-state index in [2.05, 4.69) is 72.5 Å². The topological polar surface area (TPSA) is 21.3 Å². The van der Waals surface area contributed by atoms with Gasteiger partial charge in [-0.25, -0.2) is 0 Å². The highest BCUT2D eigenvalue weighted by Crippen LogP contribution is 2.11. The van der Waals surface area contributed by atoms with Crippen LogP contribution < -0.4 is 15.7 Å². The Balaban J connectivity index is 1.87. The maximum Gasteiger partial charge on any atom is 0.252 e. The summed E-state index contributed by atoms with van der Waals surface area (Å²) in [5.41, 5.74) is 0. The Bertz CT molecular complexity index is 512. The maximum atomic E-state index is 6.56. The Labute approximate surface area is 128 Å². The molecule has 1 aliphatic rings. The van der Waals surface area contributed by atoms with E-state index >= 15 is 0 Å². The maximum absolute atomic E-state index is 6.56. The third-order valence-corrected chi connectivity index (χ3v) is 8.00. The monoisotopic (exact) mass is 297 g/mol. The van der Waals surface area contributed by atoms with Gasteiger partial charge in [0.2, 0.25) is 0 Å². The van der Waals surface area contributed by atoms with E-state index in [0.29, 0.717) is 6.04 Å². The molecule has 1 fully saturated rings. The molecule has 21 heavy (non-hydrogen) atoms. The van der Waals surface area contributed by atoms with Crippen LogP contribution in [0.1, 0.15) is 12.8 Å². The number of hydrogen-bond acceptors (Lipinski definition) is 2. The first kappa shape index (κ1) is 14.5. The lowest BCUT2D eigenvalue weighted by Crippen LogP contribution is -2.59. The van der Waals surface area contributed by atoms with Crippen LogP contribution >= 0.6 is 0 Å². The molecule has 3 heteroatoms. The molecule has 110 valence electrons. The van der Waals surface area contributed by atoms with E-state index in [1.165, 1.54) is 23.2 Å². The van der Waals surface area contributed by atoms with Gasteiger partial charge < -0.3 is 9.74 Å². The highest BCUT2D eigenvalue weighted by molar-refractivity contribution is 6.96. The summed E-state index contributed by atoms with van der Waals surface area (Å²) in [5.74, 6) is 0. The molecule has 0 spiro atoms. The van der Waals surface area contributed by atoms with E-state index < -0.39 is 8.32 Å². The van der Waals surface area contributed by atoms with Gasteiger partial charge in [0.05, 0.1) is 0 Å². The van der Waals surface area contributed by atoms with Crippen molar-refractivity contribution in [2.75, 3.05) is 13.2 Å². The summed E-state index contributed by atoms with van der Waals surface area (Å²) in [5, 5.41) is 6.21. The zero-order chi connectivity index (χ0) is 14.5. The summed E-state index contributed by atoms with van der Waals surface area (Å²) in [6.45, 7) is 4.25. The minimum atomic E-state index is -2.11. The van der Waals surface area contributed by atoms with Gasteiger partial charge in [-0.2, -0.15) is 0 Å². The van der Waals surface area contributed by atoms with Crippen molar-refractivity contribution in [3.05, 3.63) is 60.7 Å². The number of nitrogens with one attached hydrogen (secondary N) is 1. The van der Waals surface area contributed by atoms with Crippen molar-refractivity contribution in [2.24, 2.45) is 0 Å². The zero-order valence-electron chi connectivity index (χ0n) is 12.6. The van der Waals surface area contributed by atoms with E-state index in [4.69, 9.17) is 4.43 Å². The van der Waals surface area contributed by atoms with Gasteiger partial charge in [0.15, 0.2) is 0 Å². The first-order chi connectivity index (χ1) is 10.3. The molecule has 1 saturated heterocycles. The molecular formula is C18H23NOSi. The van der Waals surface area contributed by atoms with Gasteiger partial charge in [0.1, 0.15) is 0 Å². The summed E-state index contributed by atoms with van der Waals surface area (Å²) in [4.78, 5) is 0. The molecule has 0 radical (unpaired) electrons. The van der Waals surface area contributed by atoms with Gasteiger partial charge in [0.25, 0.3) is 8.32 Å². The number of rotatable bonds is 5. The van der Waals surface area contributed by atoms with E-state index in [-0.39, 0.29) is 0 Å². The normalized spacial score (nSPS) is 18.8. The van der Waals surface area contributed by atoms with Crippen molar-refractivity contribution >= 4 is 18.7 Å². The predicted octanol–water partition coefficient (Wildman–Crippen LogP) is 2.14. The molecular weight excluding hydrogens is 274 g/mol. The number of hydrogen-bond donors (Lipinski definition) is 1. The van der Waals surface area contributed by atoms with Crippen molar-refractivity contribution in [1.29, 1.82) is 0 Å². The lowest BCUT2D eigenvalue weighted by Gasteiger charge is -2.30. The van der Waals surface area contributed by atoms with E-state index in [9.17, 15) is 0 Å². The van der Waals surface area contributed by atoms with E-state index in [1.807, 2.05) is 0 Å². The van der Waals surface area contributed by atoms with Crippen LogP contribution in [0, 0.1) is 0 Å². The van der Waals surface area contributed by atoms with Crippen LogP contribution in [0.5, 0.6) is 0 Å². The van der Waals surface area contributed by atoms with Gasteiger partial charge in [-0.1, -0.05) is 60.7 Å². The molecule has 1 atom stereocenters. The van der Waals surface area contributed by atoms with E-state index in [0.717, 1.165) is 13.2 Å². The highest BCUT2D eigenvalue weighted by atomic mass is 28.4. The average Bonchev–Trinajstić information content (AvgIpc) is 3.08. The van der Waals surface area contributed by atoms with E-state index in [1.54, 1.807) is 0 Å². The molecule has 1 heterocycles. The second kappa shape index (κ2) is 6.56. The quantitative estimate of drug-likeness (QED) is 0.854. The van der Waals surface area contributed by atoms with Gasteiger partial charge in [-0.05, 0) is 36.3 Å². The molecule has 2 aromatic carbocycles. The Kier molecular flexibility index (Phi) is 4.53. The molecule has 2 aromatic rings. The van der Waals surface area contributed by atoms with Crippen molar-refractivity contribution < 1.29 is 4.43 Å². The fourth-order valence-electron chi connectivity index (χ4n) is 3.01. The van der Waals surface area contributed by atoms with Gasteiger partial charge in [-0.3, -0.25) is 0 Å². The molecule has 1 aliphatic heterocycles. The fourth-order valence-corrected chi connectivity index (χ4v) is 5.87. The lowest BCUT2D eigenvalue weighted by atomic mass is 10.2. The Morgan fingerprint density at radius 2 is 1.57 bits per heavy atom. The zero-order valence-corrected chi connectivity index (χ0v) is 13.6. The Morgan fingerprint density at radius 1 is 1.00 bits per heavy atom. The van der Waals surface area contributed by atoms with Crippen LogP contribution in [0.2, 0.25) is 6.55 Å². The minimum absolute atomic E-state index is 0.518. The van der Waals surface area contributed by atoms with Gasteiger partial charge >= 0.3 is 0 Å². The summed E-state index contributed by atoms with van der Waals surface area (Å²) in [7, 11) is -2.11. The summed E-state index contributed by atoms with van der Waals surface area (Å²) in [6.07, 6.45) is 2.50. The first-order valence-corrected chi connectivity index (χ1v) is 10.2. The van der Waals surface area contributed by atoms with Crippen molar-refractivity contribution in [1.82, 2.24) is 5.32 Å². The molecule has 0 bridgehead atoms. The van der Waals surface area contributed by atoms with Crippen molar-refractivity contribution in [2.45, 2.75) is 25.4 Å². The third-order valence-electron chi connectivity index (χ3n) is 4.38. The molecule has 1 N–H and O–H groups in total. The average molecular weight is 297 g/mol. The molecule has 2 nitrogen and oxygen atoms in total. The van der Waals surface area contributed by atoms with Crippen molar-refractivity contribution in [3.8, 4) is 0 Å². The first-order valence-electron chi connectivity index (χ1n) is 7.77. The standard InChI is InChI=1S/C18H23NOSi/c1-21(17-10-4-2-5-11-17,18-12-6-3-7-13-18)20-15-16-9-8-14-19-16/h2-7,10-13,16,19H,8-9,14-15H2,1H3/t16-/m0/s1. The summed E-state index contributed by atoms with van der Waals surface area (Å²) in [6, 6.07) is 21.9. The molecule has 0 aromatic heterocycles. The second-order valence-electron chi connectivity index (χ2n) is 5.87. The highest BCUT2D eigenvalue weighted by Gasteiger charge is 2.34. The molecule has 0 saturated carbocycles. The third kappa shape index (κ3) is 3.26. The summed E-state index contributed by atoms with van der Waals surface area (Å²) < 4.78 is 6.56. The summed E-state index contributed by atoms with van der Waals surface area (Å²) >= 11 is 0. The van der Waals surface area contributed by atoms with Gasteiger partial charge in [-0.15, -0.1) is 0 Å². The van der Waals surface area contributed by atoms with Crippen LogP contribution in [0.15, 0.2) is 60.7 Å². The van der Waals surface area contributed by atoms with Crippen LogP contribution in [-0.4, -0.2) is 27.5 Å². The van der Waals surface area contributed by atoms with Crippen LogP contribution in [0.25, 0.3) is 0 Å². The Morgan fingerprint density at radius 3 is 2.05 bits per heavy atom. The second-order valence-corrected chi connectivity index (χ2v) is 9.38. The minimum Gasteiger partial charge on any atom is -0.407 e. The van der Waals surface area contributed by atoms with Crippen molar-refractivity contribution in [3.63, 3.8) is 0 Å². The largest absolute Gasteiger partial charge is 0.407 e. The molecule has 3 rings (SSSR count). The van der Waals surface area contributed by atoms with Gasteiger partial charge in [0, 0.05) is 12.6 Å². The number of benzene rings is 2. The Hall–Kier alpha value is -1.42. The SMILES string of the molecule is C[Si](OC[C@@H]1CCCN1)(c1ccccc1)c1ccccc1. The van der Waals surface area contributed by atoms with Crippen LogP contribution in [-0.2, 0) is 4.43 Å². The molecule has 0 amide bonds. The lowest BCUT2D eigenvalue weighted by molar-refractivity contribution is 0.277. The van der Waals surface area contributed by atoms with Crippen LogP contribution in [0.3, 0.4) is 0 Å². The predicted molar refractivity (Wildman–Crippen MR) is 90.7 cm³/mol. The fraction of sp³-hybridized carbons (Fsp3) is 0.333.